The van der Waals surface area contributed by atoms with Crippen molar-refractivity contribution in [2.45, 2.75) is 0 Å². The van der Waals surface area contributed by atoms with Crippen LogP contribution in [0.1, 0.15) is 22.3 Å². The molecular formula is C56H40AgBF4N4O4. The van der Waals surface area contributed by atoms with Crippen LogP contribution in [0.15, 0.2) is 170 Å². The van der Waals surface area contributed by atoms with Crippen LogP contribution < -0.4 is 18.9 Å². The number of pyridine rings is 4. The van der Waals surface area contributed by atoms with Gasteiger partial charge in [0.2, 0.25) is 0 Å². The zero-order valence-corrected chi connectivity index (χ0v) is 39.5. The largest absolute Gasteiger partial charge is 1.00 e. The number of methoxy groups -OCH3 is 4. The van der Waals surface area contributed by atoms with Gasteiger partial charge in [0, 0.05) is 56.2 Å². The number of fused-ring (bicyclic) bond motifs is 6. The fourth-order valence-electron chi connectivity index (χ4n) is 7.62. The van der Waals surface area contributed by atoms with Gasteiger partial charge in [0.15, 0.2) is 0 Å². The summed E-state index contributed by atoms with van der Waals surface area (Å²) < 4.78 is 61.4. The summed E-state index contributed by atoms with van der Waals surface area (Å²) in [6, 6.07) is 51.5. The summed E-state index contributed by atoms with van der Waals surface area (Å²) in [7, 11) is 0.568. The Morgan fingerprint density at radius 2 is 0.729 bits per heavy atom. The second-order valence-corrected chi connectivity index (χ2v) is 15.0. The molecule has 70 heavy (non-hydrogen) atoms. The van der Waals surface area contributed by atoms with Crippen molar-refractivity contribution in [2.75, 3.05) is 28.4 Å². The maximum Gasteiger partial charge on any atom is 1.00 e. The van der Waals surface area contributed by atoms with E-state index in [1.165, 1.54) is 0 Å². The van der Waals surface area contributed by atoms with Gasteiger partial charge in [0.1, 0.15) is 23.0 Å². The molecule has 0 radical (unpaired) electrons. The van der Waals surface area contributed by atoms with Gasteiger partial charge in [-0.15, -0.1) is 0 Å². The number of nitrogens with zero attached hydrogens (tertiary/aromatic N) is 4. The third-order valence-corrected chi connectivity index (χ3v) is 10.7. The van der Waals surface area contributed by atoms with Crippen LogP contribution in [0.5, 0.6) is 23.0 Å². The van der Waals surface area contributed by atoms with E-state index in [0.717, 1.165) is 88.4 Å². The minimum Gasteiger partial charge on any atom is -0.496 e. The first-order valence-corrected chi connectivity index (χ1v) is 21.4. The first-order valence-electron chi connectivity index (χ1n) is 21.4. The van der Waals surface area contributed by atoms with Crippen molar-refractivity contribution in [1.29, 1.82) is 0 Å². The molecule has 0 saturated carbocycles. The maximum atomic E-state index is 9.75. The van der Waals surface area contributed by atoms with E-state index in [2.05, 4.69) is 57.9 Å². The molecule has 6 aromatic carbocycles. The summed E-state index contributed by atoms with van der Waals surface area (Å²) in [5.41, 5.74) is 10.2. The number of hydrogen-bond donors (Lipinski definition) is 0. The molecule has 0 atom stereocenters. The van der Waals surface area contributed by atoms with E-state index in [4.69, 9.17) is 28.9 Å². The van der Waals surface area contributed by atoms with Gasteiger partial charge in [0.25, 0.3) is 0 Å². The number of benzene rings is 6. The van der Waals surface area contributed by atoms with Crippen molar-refractivity contribution >= 4 is 50.9 Å². The van der Waals surface area contributed by atoms with E-state index >= 15 is 0 Å². The summed E-state index contributed by atoms with van der Waals surface area (Å²) >= 11 is 0. The van der Waals surface area contributed by atoms with Gasteiger partial charge in [-0.25, -0.2) is 9.97 Å². The summed E-state index contributed by atoms with van der Waals surface area (Å²) in [5, 5.41) is 3.96. The van der Waals surface area contributed by atoms with Gasteiger partial charge < -0.3 is 36.2 Å². The zero-order chi connectivity index (χ0) is 48.3. The van der Waals surface area contributed by atoms with Crippen LogP contribution in [0.25, 0.3) is 66.1 Å². The van der Waals surface area contributed by atoms with Crippen LogP contribution in [0.2, 0.25) is 0 Å². The van der Waals surface area contributed by atoms with Crippen molar-refractivity contribution in [3.63, 3.8) is 0 Å². The van der Waals surface area contributed by atoms with Crippen LogP contribution in [-0.2, 0) is 22.4 Å². The molecule has 0 aliphatic rings. The molecule has 0 N–H and O–H groups in total. The number of hydrogen-bond acceptors (Lipinski definition) is 8. The Bertz CT molecular complexity index is 3320. The molecular weight excluding hydrogens is 987 g/mol. The van der Waals surface area contributed by atoms with Crippen molar-refractivity contribution in [1.82, 2.24) is 19.9 Å². The monoisotopic (exact) mass is 1030 g/mol. The van der Waals surface area contributed by atoms with E-state index in [-0.39, 0.29) is 22.4 Å². The Morgan fingerprint density at radius 1 is 0.386 bits per heavy atom. The first-order chi connectivity index (χ1) is 33.6. The molecule has 350 valence electrons. The molecule has 0 amide bonds. The number of rotatable bonds is 6. The zero-order valence-electron chi connectivity index (χ0n) is 38.0. The van der Waals surface area contributed by atoms with E-state index in [1.54, 1.807) is 40.8 Å². The predicted molar refractivity (Wildman–Crippen MR) is 266 cm³/mol. The van der Waals surface area contributed by atoms with Gasteiger partial charge in [-0.2, -0.15) is 0 Å². The Hall–Kier alpha value is -8.19. The third kappa shape index (κ3) is 11.6. The van der Waals surface area contributed by atoms with E-state index in [0.29, 0.717) is 23.0 Å². The quantitative estimate of drug-likeness (QED) is 0.0704. The predicted octanol–water partition coefficient (Wildman–Crippen LogP) is 13.0. The summed E-state index contributed by atoms with van der Waals surface area (Å²) in [6.45, 7) is 0. The van der Waals surface area contributed by atoms with Gasteiger partial charge in [-0.3, -0.25) is 9.97 Å². The molecule has 8 nitrogen and oxygen atoms in total. The SMILES string of the molecule is C(#Cc1ccnc2c1ccc1c(C#Cc3ccccc3)ccnc12)c1ccccc1.COc1cccc(OC)c1-c1ccc2ccc3ccc(-c4c(OC)cccc4OC)nc3c2n1.F[B-](F)(F)F.[Ag+]. The minimum absolute atomic E-state index is 0. The molecule has 10 rings (SSSR count). The molecule has 0 aliphatic carbocycles. The van der Waals surface area contributed by atoms with Crippen molar-refractivity contribution < 1.29 is 58.6 Å². The average Bonchev–Trinajstić information content (AvgIpc) is 3.38. The number of aromatic nitrogens is 4. The Labute approximate surface area is 417 Å². The van der Waals surface area contributed by atoms with Crippen LogP contribution in [0.3, 0.4) is 0 Å². The first kappa shape index (κ1) is 49.7. The molecule has 0 saturated heterocycles. The van der Waals surface area contributed by atoms with Crippen LogP contribution in [0, 0.1) is 23.7 Å². The Morgan fingerprint density at radius 3 is 1.07 bits per heavy atom. The minimum atomic E-state index is -6.00. The van der Waals surface area contributed by atoms with Gasteiger partial charge in [-0.05, 0) is 72.8 Å². The van der Waals surface area contributed by atoms with E-state index in [1.807, 2.05) is 133 Å². The van der Waals surface area contributed by atoms with Crippen LogP contribution in [0.4, 0.5) is 17.3 Å². The fourth-order valence-corrected chi connectivity index (χ4v) is 7.62. The molecule has 0 bridgehead atoms. The molecule has 14 heteroatoms. The average molecular weight is 1030 g/mol. The van der Waals surface area contributed by atoms with Crippen molar-refractivity contribution in [3.8, 4) is 69.2 Å². The Balaban J connectivity index is 0.000000187. The van der Waals surface area contributed by atoms with E-state index in [9.17, 15) is 17.3 Å². The third-order valence-electron chi connectivity index (χ3n) is 10.7. The second kappa shape index (κ2) is 22.7. The van der Waals surface area contributed by atoms with Crippen LogP contribution >= 0.6 is 0 Å². The molecule has 0 unspecified atom stereocenters. The van der Waals surface area contributed by atoms with Gasteiger partial charge >= 0.3 is 29.6 Å². The smallest absolute Gasteiger partial charge is 0.496 e. The van der Waals surface area contributed by atoms with Crippen molar-refractivity contribution in [3.05, 3.63) is 192 Å². The second-order valence-electron chi connectivity index (χ2n) is 15.0. The number of halogens is 4. The topological polar surface area (TPSA) is 88.5 Å². The summed E-state index contributed by atoms with van der Waals surface area (Å²) in [4.78, 5) is 19.3. The Kier molecular flexibility index (Phi) is 16.1. The van der Waals surface area contributed by atoms with Crippen molar-refractivity contribution in [2.24, 2.45) is 0 Å². The standard InChI is InChI=1S/C28H24N2O4.C28H16N2.Ag.BF4/c1-31-21-7-5-8-22(32-2)25(21)19-15-13-17-11-12-18-14-16-20(30-28(18)27(17)29-19)26-23(33-3)9-6-10-24(26)34-4;1-3-7-21(8-4-1)11-13-23-17-19-29-27-25(23)15-16-26-24(18-20-30-28(26)27)14-12-22-9-5-2-6-10-22;;2-1(3,4)5/h5-16H,1-4H3;1-10,15-20H;;/q;;+1;-1. The molecule has 0 spiro atoms. The normalized spacial score (nSPS) is 10.5. The molecule has 4 heterocycles. The molecule has 0 aliphatic heterocycles. The molecule has 0 fully saturated rings. The summed E-state index contributed by atoms with van der Waals surface area (Å²) in [5.74, 6) is 15.8. The van der Waals surface area contributed by atoms with E-state index < -0.39 is 7.25 Å². The summed E-state index contributed by atoms with van der Waals surface area (Å²) in [6.07, 6.45) is 3.58. The molecule has 4 aromatic heterocycles. The fraction of sp³-hybridized carbons (Fsp3) is 0.0714. The molecule has 10 aromatic rings. The van der Waals surface area contributed by atoms with Gasteiger partial charge in [-0.1, -0.05) is 109 Å². The van der Waals surface area contributed by atoms with Crippen LogP contribution in [-0.4, -0.2) is 55.6 Å². The maximum absolute atomic E-state index is 9.75. The number of ether oxygens (including phenoxy) is 4. The van der Waals surface area contributed by atoms with Gasteiger partial charge in [0.05, 0.1) is 73.0 Å².